The summed E-state index contributed by atoms with van der Waals surface area (Å²) in [6.07, 6.45) is 5.82. The Labute approximate surface area is 123 Å². The van der Waals surface area contributed by atoms with E-state index >= 15 is 0 Å². The van der Waals surface area contributed by atoms with Gasteiger partial charge < -0.3 is 15.4 Å². The molecule has 2 heterocycles. The van der Waals surface area contributed by atoms with Gasteiger partial charge in [0.2, 0.25) is 5.91 Å². The lowest BCUT2D eigenvalue weighted by molar-refractivity contribution is -0.125. The lowest BCUT2D eigenvalue weighted by atomic mass is 9.78. The topological polar surface area (TPSA) is 50.4 Å². The highest BCUT2D eigenvalue weighted by Crippen LogP contribution is 2.33. The average Bonchev–Trinajstić information content (AvgIpc) is 2.45. The van der Waals surface area contributed by atoms with Crippen LogP contribution in [0.3, 0.4) is 0 Å². The van der Waals surface area contributed by atoms with Crippen molar-refractivity contribution in [2.75, 3.05) is 19.7 Å². The van der Waals surface area contributed by atoms with Crippen LogP contribution in [0.5, 0.6) is 0 Å². The summed E-state index contributed by atoms with van der Waals surface area (Å²) in [5, 5.41) is 6.45. The van der Waals surface area contributed by atoms with Gasteiger partial charge in [0.15, 0.2) is 0 Å². The molecule has 0 aromatic carbocycles. The van der Waals surface area contributed by atoms with Crippen LogP contribution in [-0.2, 0) is 9.53 Å². The molecule has 0 saturated carbocycles. The molecule has 3 atom stereocenters. The van der Waals surface area contributed by atoms with Crippen molar-refractivity contribution in [3.05, 3.63) is 0 Å². The van der Waals surface area contributed by atoms with Crippen LogP contribution in [0.4, 0.5) is 0 Å². The largest absolute Gasteiger partial charge is 0.377 e. The molecule has 4 nitrogen and oxygen atoms in total. The van der Waals surface area contributed by atoms with E-state index in [4.69, 9.17) is 4.74 Å². The molecule has 4 heteroatoms. The van der Waals surface area contributed by atoms with Crippen molar-refractivity contribution < 1.29 is 9.53 Å². The second-order valence-electron chi connectivity index (χ2n) is 7.31. The summed E-state index contributed by atoms with van der Waals surface area (Å²) >= 11 is 0. The lowest BCUT2D eigenvalue weighted by Gasteiger charge is -2.40. The molecule has 3 unspecified atom stereocenters. The van der Waals surface area contributed by atoms with Gasteiger partial charge in [-0.1, -0.05) is 27.2 Å². The summed E-state index contributed by atoms with van der Waals surface area (Å²) in [5.41, 5.74) is 0.138. The van der Waals surface area contributed by atoms with E-state index in [2.05, 4.69) is 31.4 Å². The predicted octanol–water partition coefficient (Wildman–Crippen LogP) is 2.09. The number of rotatable bonds is 3. The minimum absolute atomic E-state index is 0.0151. The zero-order valence-electron chi connectivity index (χ0n) is 13.2. The van der Waals surface area contributed by atoms with E-state index in [0.29, 0.717) is 5.92 Å². The molecular weight excluding hydrogens is 252 g/mol. The van der Waals surface area contributed by atoms with E-state index in [0.717, 1.165) is 45.4 Å². The van der Waals surface area contributed by atoms with Crippen LogP contribution in [0, 0.1) is 11.3 Å². The third kappa shape index (κ3) is 4.19. The van der Waals surface area contributed by atoms with E-state index < -0.39 is 0 Å². The van der Waals surface area contributed by atoms with E-state index in [1.807, 2.05) is 0 Å². The molecule has 0 spiro atoms. The molecule has 0 aliphatic carbocycles. The predicted molar refractivity (Wildman–Crippen MR) is 80.6 cm³/mol. The van der Waals surface area contributed by atoms with Crippen molar-refractivity contribution in [3.63, 3.8) is 0 Å². The Bertz CT molecular complexity index is 319. The molecule has 116 valence electrons. The minimum Gasteiger partial charge on any atom is -0.377 e. The molecule has 0 aromatic rings. The van der Waals surface area contributed by atoms with Gasteiger partial charge in [-0.15, -0.1) is 0 Å². The summed E-state index contributed by atoms with van der Waals surface area (Å²) in [4.78, 5) is 12.2. The first kappa shape index (κ1) is 15.8. The molecule has 0 aromatic heterocycles. The van der Waals surface area contributed by atoms with Gasteiger partial charge in [0, 0.05) is 19.1 Å². The smallest absolute Gasteiger partial charge is 0.237 e. The summed E-state index contributed by atoms with van der Waals surface area (Å²) in [7, 11) is 0. The first-order chi connectivity index (χ1) is 9.48. The summed E-state index contributed by atoms with van der Waals surface area (Å²) in [5.74, 6) is 0.610. The summed E-state index contributed by atoms with van der Waals surface area (Å²) in [6, 6.07) is 0.0151. The van der Waals surface area contributed by atoms with Gasteiger partial charge in [0.1, 0.15) is 0 Å². The Balaban J connectivity index is 1.83. The molecule has 0 radical (unpaired) electrons. The standard InChI is InChI=1S/C16H30N2O2/c1-16(2,3)14-12(7-6-10-20-14)11-18-15(19)13-8-4-5-9-17-13/h12-14,17H,4-11H2,1-3H3,(H,18,19). The van der Waals surface area contributed by atoms with Crippen LogP contribution in [0.2, 0.25) is 0 Å². The molecule has 2 aliphatic rings. The maximum Gasteiger partial charge on any atom is 0.237 e. The Kier molecular flexibility index (Phi) is 5.44. The van der Waals surface area contributed by atoms with Crippen LogP contribution in [0.1, 0.15) is 52.9 Å². The number of nitrogens with one attached hydrogen (secondary N) is 2. The number of hydrogen-bond donors (Lipinski definition) is 2. The molecule has 2 saturated heterocycles. The van der Waals surface area contributed by atoms with Crippen molar-refractivity contribution in [3.8, 4) is 0 Å². The first-order valence-electron chi connectivity index (χ1n) is 8.11. The minimum atomic E-state index is 0.0151. The van der Waals surface area contributed by atoms with Crippen molar-refractivity contribution >= 4 is 5.91 Å². The maximum atomic E-state index is 12.2. The normalized spacial score (nSPS) is 31.9. The van der Waals surface area contributed by atoms with Crippen LogP contribution in [0.25, 0.3) is 0 Å². The Morgan fingerprint density at radius 1 is 1.25 bits per heavy atom. The SMILES string of the molecule is CC(C)(C)C1OCCCC1CNC(=O)C1CCCCN1. The summed E-state index contributed by atoms with van der Waals surface area (Å²) < 4.78 is 5.97. The van der Waals surface area contributed by atoms with Gasteiger partial charge in [-0.25, -0.2) is 0 Å². The van der Waals surface area contributed by atoms with Gasteiger partial charge in [-0.05, 0) is 37.6 Å². The molecule has 2 rings (SSSR count). The van der Waals surface area contributed by atoms with Crippen LogP contribution in [-0.4, -0.2) is 37.7 Å². The lowest BCUT2D eigenvalue weighted by Crippen LogP contribution is -2.50. The third-order valence-electron chi connectivity index (χ3n) is 4.46. The zero-order valence-corrected chi connectivity index (χ0v) is 13.2. The van der Waals surface area contributed by atoms with Crippen LogP contribution in [0.15, 0.2) is 0 Å². The van der Waals surface area contributed by atoms with Crippen molar-refractivity contribution in [2.45, 2.75) is 65.0 Å². The average molecular weight is 282 g/mol. The molecule has 0 bridgehead atoms. The highest BCUT2D eigenvalue weighted by Gasteiger charge is 2.35. The van der Waals surface area contributed by atoms with Gasteiger partial charge in [-0.3, -0.25) is 4.79 Å². The molecule has 2 fully saturated rings. The number of hydrogen-bond acceptors (Lipinski definition) is 3. The van der Waals surface area contributed by atoms with E-state index in [1.165, 1.54) is 6.42 Å². The molecular formula is C16H30N2O2. The highest BCUT2D eigenvalue weighted by atomic mass is 16.5. The van der Waals surface area contributed by atoms with E-state index in [-0.39, 0.29) is 23.5 Å². The third-order valence-corrected chi connectivity index (χ3v) is 4.46. The molecule has 2 N–H and O–H groups in total. The van der Waals surface area contributed by atoms with E-state index in [9.17, 15) is 4.79 Å². The quantitative estimate of drug-likeness (QED) is 0.833. The maximum absolute atomic E-state index is 12.2. The number of carbonyl (C=O) groups is 1. The second kappa shape index (κ2) is 6.90. The summed E-state index contributed by atoms with van der Waals surface area (Å²) in [6.45, 7) is 9.24. The van der Waals surface area contributed by atoms with Crippen molar-refractivity contribution in [1.29, 1.82) is 0 Å². The highest BCUT2D eigenvalue weighted by molar-refractivity contribution is 5.81. The number of piperidine rings is 1. The van der Waals surface area contributed by atoms with E-state index in [1.54, 1.807) is 0 Å². The van der Waals surface area contributed by atoms with Gasteiger partial charge >= 0.3 is 0 Å². The molecule has 1 amide bonds. The van der Waals surface area contributed by atoms with Crippen LogP contribution < -0.4 is 10.6 Å². The zero-order chi connectivity index (χ0) is 14.6. The fraction of sp³-hybridized carbons (Fsp3) is 0.938. The van der Waals surface area contributed by atoms with Crippen molar-refractivity contribution in [1.82, 2.24) is 10.6 Å². The van der Waals surface area contributed by atoms with Gasteiger partial charge in [0.25, 0.3) is 0 Å². The fourth-order valence-electron chi connectivity index (χ4n) is 3.44. The van der Waals surface area contributed by atoms with Crippen molar-refractivity contribution in [2.24, 2.45) is 11.3 Å². The Morgan fingerprint density at radius 2 is 2.05 bits per heavy atom. The fourth-order valence-corrected chi connectivity index (χ4v) is 3.44. The molecule has 20 heavy (non-hydrogen) atoms. The van der Waals surface area contributed by atoms with Gasteiger partial charge in [-0.2, -0.15) is 0 Å². The monoisotopic (exact) mass is 282 g/mol. The number of carbonyl (C=O) groups excluding carboxylic acids is 1. The first-order valence-corrected chi connectivity index (χ1v) is 8.11. The Hall–Kier alpha value is -0.610. The molecule has 2 aliphatic heterocycles. The second-order valence-corrected chi connectivity index (χ2v) is 7.31. The van der Waals surface area contributed by atoms with Gasteiger partial charge in [0.05, 0.1) is 12.1 Å². The number of amides is 1. The Morgan fingerprint density at radius 3 is 2.70 bits per heavy atom. The number of ether oxygens (including phenoxy) is 1. The van der Waals surface area contributed by atoms with Crippen LogP contribution >= 0.6 is 0 Å².